The number of hydrogen-bond donors (Lipinski definition) is 1. The Hall–Kier alpha value is -1.40. The molecule has 2 fully saturated rings. The lowest BCUT2D eigenvalue weighted by Gasteiger charge is -2.25. The van der Waals surface area contributed by atoms with Crippen LogP contribution in [0.5, 0.6) is 0 Å². The molecule has 0 atom stereocenters. The molecule has 25 heavy (non-hydrogen) atoms. The van der Waals surface area contributed by atoms with E-state index in [-0.39, 0.29) is 16.8 Å². The summed E-state index contributed by atoms with van der Waals surface area (Å²) in [6.07, 6.45) is 9.82. The summed E-state index contributed by atoms with van der Waals surface area (Å²) >= 11 is 0. The highest BCUT2D eigenvalue weighted by Gasteiger charge is 2.26. The molecule has 138 valence electrons. The highest BCUT2D eigenvalue weighted by Crippen LogP contribution is 2.21. The van der Waals surface area contributed by atoms with E-state index in [0.29, 0.717) is 18.7 Å². The van der Waals surface area contributed by atoms with Crippen molar-refractivity contribution in [3.8, 4) is 0 Å². The molecule has 1 aliphatic heterocycles. The quantitative estimate of drug-likeness (QED) is 0.834. The minimum Gasteiger partial charge on any atom is -0.349 e. The van der Waals surface area contributed by atoms with Gasteiger partial charge < -0.3 is 5.32 Å². The number of amides is 1. The SMILES string of the molecule is O=C(NC1CCCCCC1)c1ccc(S(=O)(=O)N2CCCCC2)cc1. The van der Waals surface area contributed by atoms with Crippen molar-refractivity contribution in [3.05, 3.63) is 29.8 Å². The number of benzene rings is 1. The summed E-state index contributed by atoms with van der Waals surface area (Å²) in [5, 5.41) is 3.10. The van der Waals surface area contributed by atoms with Crippen LogP contribution in [0, 0.1) is 0 Å². The zero-order valence-electron chi connectivity index (χ0n) is 14.7. The minimum atomic E-state index is -3.43. The van der Waals surface area contributed by atoms with E-state index in [0.717, 1.165) is 44.9 Å². The van der Waals surface area contributed by atoms with Gasteiger partial charge in [0.05, 0.1) is 4.90 Å². The summed E-state index contributed by atoms with van der Waals surface area (Å²) < 4.78 is 26.9. The monoisotopic (exact) mass is 364 g/mol. The molecule has 1 amide bonds. The second-order valence-corrected chi connectivity index (χ2v) is 9.09. The van der Waals surface area contributed by atoms with Crippen LogP contribution in [0.15, 0.2) is 29.2 Å². The second-order valence-electron chi connectivity index (χ2n) is 7.15. The molecular formula is C19H28N2O3S. The first-order chi connectivity index (χ1) is 12.1. The van der Waals surface area contributed by atoms with Crippen molar-refractivity contribution >= 4 is 15.9 Å². The Labute approximate surface area is 150 Å². The van der Waals surface area contributed by atoms with Crippen LogP contribution in [0.2, 0.25) is 0 Å². The van der Waals surface area contributed by atoms with Gasteiger partial charge >= 0.3 is 0 Å². The smallest absolute Gasteiger partial charge is 0.251 e. The molecule has 0 aromatic heterocycles. The Morgan fingerprint density at radius 3 is 2.04 bits per heavy atom. The Balaban J connectivity index is 1.65. The first-order valence-electron chi connectivity index (χ1n) is 9.48. The van der Waals surface area contributed by atoms with E-state index in [2.05, 4.69) is 5.32 Å². The summed E-state index contributed by atoms with van der Waals surface area (Å²) in [5.41, 5.74) is 0.529. The standard InChI is InChI=1S/C19H28N2O3S/c22-19(20-17-8-4-1-2-5-9-17)16-10-12-18(13-11-16)25(23,24)21-14-6-3-7-15-21/h10-13,17H,1-9,14-15H2,(H,20,22). The van der Waals surface area contributed by atoms with Crippen molar-refractivity contribution in [2.24, 2.45) is 0 Å². The molecule has 2 aliphatic rings. The normalized spacial score (nSPS) is 20.8. The van der Waals surface area contributed by atoms with Gasteiger partial charge in [0.25, 0.3) is 5.91 Å². The largest absolute Gasteiger partial charge is 0.349 e. The summed E-state index contributed by atoms with van der Waals surface area (Å²) in [4.78, 5) is 12.7. The van der Waals surface area contributed by atoms with Gasteiger partial charge in [0.2, 0.25) is 10.0 Å². The van der Waals surface area contributed by atoms with Gasteiger partial charge in [-0.15, -0.1) is 0 Å². The third kappa shape index (κ3) is 4.61. The average molecular weight is 365 g/mol. The van der Waals surface area contributed by atoms with Crippen molar-refractivity contribution in [1.82, 2.24) is 9.62 Å². The van der Waals surface area contributed by atoms with Crippen LogP contribution in [0.25, 0.3) is 0 Å². The molecule has 3 rings (SSSR count). The van der Waals surface area contributed by atoms with Gasteiger partial charge in [-0.1, -0.05) is 32.1 Å². The predicted octanol–water partition coefficient (Wildman–Crippen LogP) is 3.31. The van der Waals surface area contributed by atoms with Gasteiger partial charge in [0.15, 0.2) is 0 Å². The number of piperidine rings is 1. The van der Waals surface area contributed by atoms with Crippen molar-refractivity contribution in [3.63, 3.8) is 0 Å². The van der Waals surface area contributed by atoms with Crippen LogP contribution in [0.4, 0.5) is 0 Å². The fourth-order valence-electron chi connectivity index (χ4n) is 3.73. The van der Waals surface area contributed by atoms with Crippen LogP contribution in [0.3, 0.4) is 0 Å². The zero-order chi connectivity index (χ0) is 17.7. The van der Waals surface area contributed by atoms with E-state index < -0.39 is 10.0 Å². The lowest BCUT2D eigenvalue weighted by atomic mass is 10.1. The van der Waals surface area contributed by atoms with E-state index in [1.54, 1.807) is 28.6 Å². The van der Waals surface area contributed by atoms with Crippen molar-refractivity contribution < 1.29 is 13.2 Å². The number of nitrogens with one attached hydrogen (secondary N) is 1. The van der Waals surface area contributed by atoms with Gasteiger partial charge in [0.1, 0.15) is 0 Å². The minimum absolute atomic E-state index is 0.103. The lowest BCUT2D eigenvalue weighted by Crippen LogP contribution is -2.36. The maximum Gasteiger partial charge on any atom is 0.251 e. The van der Waals surface area contributed by atoms with Gasteiger partial charge in [-0.2, -0.15) is 4.31 Å². The van der Waals surface area contributed by atoms with Crippen molar-refractivity contribution in [2.75, 3.05) is 13.1 Å². The fraction of sp³-hybridized carbons (Fsp3) is 0.632. The molecule has 1 N–H and O–H groups in total. The van der Waals surface area contributed by atoms with E-state index in [1.165, 1.54) is 12.8 Å². The average Bonchev–Trinajstić information content (AvgIpc) is 2.91. The molecule has 0 bridgehead atoms. The summed E-state index contributed by atoms with van der Waals surface area (Å²) in [7, 11) is -3.43. The van der Waals surface area contributed by atoms with Gasteiger partial charge in [-0.3, -0.25) is 4.79 Å². The number of nitrogens with zero attached hydrogens (tertiary/aromatic N) is 1. The fourth-order valence-corrected chi connectivity index (χ4v) is 5.24. The molecule has 6 heteroatoms. The maximum absolute atomic E-state index is 12.6. The van der Waals surface area contributed by atoms with E-state index in [1.807, 2.05) is 0 Å². The Morgan fingerprint density at radius 2 is 1.44 bits per heavy atom. The number of hydrogen-bond acceptors (Lipinski definition) is 3. The molecule has 1 aromatic rings. The third-order valence-corrected chi connectivity index (χ3v) is 7.17. The third-order valence-electron chi connectivity index (χ3n) is 5.26. The lowest BCUT2D eigenvalue weighted by molar-refractivity contribution is 0.0933. The first kappa shape index (κ1) is 18.4. The van der Waals surface area contributed by atoms with E-state index in [9.17, 15) is 13.2 Å². The van der Waals surface area contributed by atoms with Crippen LogP contribution in [0.1, 0.15) is 68.1 Å². The van der Waals surface area contributed by atoms with Crippen LogP contribution < -0.4 is 5.32 Å². The highest BCUT2D eigenvalue weighted by molar-refractivity contribution is 7.89. The molecule has 1 saturated heterocycles. The van der Waals surface area contributed by atoms with Gasteiger partial charge in [-0.25, -0.2) is 8.42 Å². The van der Waals surface area contributed by atoms with E-state index >= 15 is 0 Å². The molecule has 1 heterocycles. The molecule has 1 aromatic carbocycles. The first-order valence-corrected chi connectivity index (χ1v) is 10.9. The topological polar surface area (TPSA) is 66.5 Å². The second kappa shape index (κ2) is 8.32. The number of carbonyl (C=O) groups is 1. The Bertz CT molecular complexity index is 671. The predicted molar refractivity (Wildman–Crippen MR) is 98.0 cm³/mol. The molecule has 5 nitrogen and oxygen atoms in total. The number of carbonyl (C=O) groups excluding carboxylic acids is 1. The molecule has 1 saturated carbocycles. The van der Waals surface area contributed by atoms with Crippen molar-refractivity contribution in [2.45, 2.75) is 68.7 Å². The molecule has 0 unspecified atom stereocenters. The number of sulfonamides is 1. The highest BCUT2D eigenvalue weighted by atomic mass is 32.2. The van der Waals surface area contributed by atoms with Crippen LogP contribution >= 0.6 is 0 Å². The van der Waals surface area contributed by atoms with Gasteiger partial charge in [-0.05, 0) is 49.9 Å². The summed E-state index contributed by atoms with van der Waals surface area (Å²) in [6, 6.07) is 6.62. The summed E-state index contributed by atoms with van der Waals surface area (Å²) in [6.45, 7) is 1.18. The Kier molecular flexibility index (Phi) is 6.12. The molecule has 1 aliphatic carbocycles. The zero-order valence-corrected chi connectivity index (χ0v) is 15.6. The molecular weight excluding hydrogens is 336 g/mol. The maximum atomic E-state index is 12.6. The Morgan fingerprint density at radius 1 is 0.880 bits per heavy atom. The van der Waals surface area contributed by atoms with Crippen LogP contribution in [-0.2, 0) is 10.0 Å². The number of rotatable bonds is 4. The molecule has 0 radical (unpaired) electrons. The van der Waals surface area contributed by atoms with Crippen LogP contribution in [-0.4, -0.2) is 37.8 Å². The summed E-state index contributed by atoms with van der Waals surface area (Å²) in [5.74, 6) is -0.103. The van der Waals surface area contributed by atoms with Gasteiger partial charge in [0, 0.05) is 24.7 Å². The van der Waals surface area contributed by atoms with Crippen molar-refractivity contribution in [1.29, 1.82) is 0 Å². The molecule has 0 spiro atoms. The van der Waals surface area contributed by atoms with E-state index in [4.69, 9.17) is 0 Å².